The fraction of sp³-hybridized carbons (Fsp3) is 0.312. The average Bonchev–Trinajstić information content (AvgIpc) is 2.66. The van der Waals surface area contributed by atoms with E-state index >= 15 is 0 Å². The molecule has 0 radical (unpaired) electrons. The summed E-state index contributed by atoms with van der Waals surface area (Å²) < 4.78 is 5.54. The number of hydrogen-bond donors (Lipinski definition) is 3. The second kappa shape index (κ2) is 9.03. The summed E-state index contributed by atoms with van der Waals surface area (Å²) >= 11 is 0.915. The van der Waals surface area contributed by atoms with Gasteiger partial charge < -0.3 is 21.0 Å². The highest BCUT2D eigenvalue weighted by Gasteiger charge is 2.22. The Morgan fingerprint density at radius 1 is 1.33 bits per heavy atom. The minimum absolute atomic E-state index is 0.0777. The summed E-state index contributed by atoms with van der Waals surface area (Å²) in [6, 6.07) is 5.34. The van der Waals surface area contributed by atoms with Gasteiger partial charge in [0.05, 0.1) is 12.9 Å². The van der Waals surface area contributed by atoms with E-state index in [1.807, 2.05) is 0 Å². The molecular formula is C16H19N5O5S. The van der Waals surface area contributed by atoms with Gasteiger partial charge in [-0.05, 0) is 24.6 Å². The molecule has 0 unspecified atom stereocenters. The van der Waals surface area contributed by atoms with Gasteiger partial charge in [-0.1, -0.05) is 23.9 Å². The fourth-order valence-electron chi connectivity index (χ4n) is 2.14. The zero-order chi connectivity index (χ0) is 20.0. The molecular weight excluding hydrogens is 374 g/mol. The quantitative estimate of drug-likeness (QED) is 0.317. The fourth-order valence-corrected chi connectivity index (χ4v) is 2.80. The van der Waals surface area contributed by atoms with Crippen LogP contribution < -0.4 is 16.7 Å². The molecule has 2 aromatic rings. The molecule has 0 bridgehead atoms. The van der Waals surface area contributed by atoms with E-state index in [4.69, 9.17) is 10.6 Å². The van der Waals surface area contributed by atoms with E-state index in [2.05, 4.69) is 15.5 Å². The number of phenols is 1. The summed E-state index contributed by atoms with van der Waals surface area (Å²) in [5.74, 6) is 4.51. The highest BCUT2D eigenvalue weighted by atomic mass is 32.2. The Labute approximate surface area is 158 Å². The first-order valence-electron chi connectivity index (χ1n) is 7.81. The lowest BCUT2D eigenvalue weighted by Gasteiger charge is -2.16. The standard InChI is InChI=1S/C16H19N5O5S/c1-9-14(24)21(17)16(20-19-9)27-8-13(23)18-12(15(25)26-2)7-10-3-5-11(22)6-4-10/h3-6,12,22H,7-8,17H2,1-2H3,(H,18,23)/t12-/m1/s1. The molecule has 0 fully saturated rings. The van der Waals surface area contributed by atoms with Crippen LogP contribution in [0.5, 0.6) is 5.75 Å². The van der Waals surface area contributed by atoms with Gasteiger partial charge in [0.1, 0.15) is 17.5 Å². The number of benzene rings is 1. The van der Waals surface area contributed by atoms with Crippen LogP contribution in [0.25, 0.3) is 0 Å². The third-order valence-electron chi connectivity index (χ3n) is 3.55. The van der Waals surface area contributed by atoms with Gasteiger partial charge in [0.2, 0.25) is 11.1 Å². The highest BCUT2D eigenvalue weighted by molar-refractivity contribution is 7.99. The molecule has 2 rings (SSSR count). The molecule has 27 heavy (non-hydrogen) atoms. The van der Waals surface area contributed by atoms with Crippen LogP contribution in [0.15, 0.2) is 34.2 Å². The Bertz CT molecular complexity index is 884. The number of nitrogens with one attached hydrogen (secondary N) is 1. The maximum absolute atomic E-state index is 12.2. The number of nitrogens with two attached hydrogens (primary N) is 1. The molecule has 0 aliphatic heterocycles. The number of phenolic OH excluding ortho intramolecular Hbond substituents is 1. The van der Waals surface area contributed by atoms with Gasteiger partial charge in [-0.15, -0.1) is 10.2 Å². The minimum atomic E-state index is -0.906. The van der Waals surface area contributed by atoms with Crippen molar-refractivity contribution in [2.75, 3.05) is 18.7 Å². The second-order valence-corrected chi connectivity index (χ2v) is 6.49. The predicted octanol–water partition coefficient (Wildman–Crippen LogP) is -0.641. The molecule has 11 heteroatoms. The number of thioether (sulfide) groups is 1. The first kappa shape index (κ1) is 20.2. The van der Waals surface area contributed by atoms with Gasteiger partial charge in [-0.3, -0.25) is 9.59 Å². The summed E-state index contributed by atoms with van der Waals surface area (Å²) in [7, 11) is 1.22. The number of rotatable bonds is 7. The summed E-state index contributed by atoms with van der Waals surface area (Å²) in [5.41, 5.74) is 0.370. The zero-order valence-corrected chi connectivity index (χ0v) is 15.5. The molecule has 10 nitrogen and oxygen atoms in total. The number of carbonyl (C=O) groups is 2. The SMILES string of the molecule is COC(=O)[C@@H](Cc1ccc(O)cc1)NC(=O)CSc1nnc(C)c(=O)n1N. The average molecular weight is 393 g/mol. The van der Waals surface area contributed by atoms with Crippen molar-refractivity contribution in [3.63, 3.8) is 0 Å². The number of aromatic hydroxyl groups is 1. The summed E-state index contributed by atoms with van der Waals surface area (Å²) in [4.78, 5) is 35.9. The number of ether oxygens (including phenoxy) is 1. The monoisotopic (exact) mass is 393 g/mol. The van der Waals surface area contributed by atoms with Crippen LogP contribution >= 0.6 is 11.8 Å². The highest BCUT2D eigenvalue weighted by Crippen LogP contribution is 2.13. The Hall–Kier alpha value is -3.08. The largest absolute Gasteiger partial charge is 0.508 e. The number of amides is 1. The van der Waals surface area contributed by atoms with Crippen LogP contribution in [0, 0.1) is 6.92 Å². The molecule has 1 aromatic heterocycles. The van der Waals surface area contributed by atoms with Crippen molar-refractivity contribution in [1.82, 2.24) is 20.2 Å². The predicted molar refractivity (Wildman–Crippen MR) is 97.7 cm³/mol. The molecule has 0 aliphatic rings. The molecule has 1 heterocycles. The van der Waals surface area contributed by atoms with Crippen molar-refractivity contribution in [3.05, 3.63) is 45.9 Å². The van der Waals surface area contributed by atoms with E-state index in [0.717, 1.165) is 22.0 Å². The second-order valence-electron chi connectivity index (χ2n) is 5.55. The Kier molecular flexibility index (Phi) is 6.77. The van der Waals surface area contributed by atoms with Crippen LogP contribution in [0.2, 0.25) is 0 Å². The van der Waals surface area contributed by atoms with Gasteiger partial charge in [-0.2, -0.15) is 4.68 Å². The lowest BCUT2D eigenvalue weighted by Crippen LogP contribution is -2.44. The van der Waals surface area contributed by atoms with Crippen molar-refractivity contribution in [2.24, 2.45) is 0 Å². The molecule has 144 valence electrons. The van der Waals surface area contributed by atoms with Crippen molar-refractivity contribution in [2.45, 2.75) is 24.5 Å². The third kappa shape index (κ3) is 5.45. The van der Waals surface area contributed by atoms with Gasteiger partial charge in [-0.25, -0.2) is 4.79 Å². The Balaban J connectivity index is 2.01. The van der Waals surface area contributed by atoms with Crippen molar-refractivity contribution in [3.8, 4) is 5.75 Å². The van der Waals surface area contributed by atoms with E-state index in [9.17, 15) is 19.5 Å². The van der Waals surface area contributed by atoms with E-state index in [1.54, 1.807) is 12.1 Å². The molecule has 1 aromatic carbocycles. The molecule has 0 spiro atoms. The van der Waals surface area contributed by atoms with Crippen molar-refractivity contribution >= 4 is 23.6 Å². The van der Waals surface area contributed by atoms with Gasteiger partial charge in [0, 0.05) is 6.42 Å². The van der Waals surface area contributed by atoms with Crippen LogP contribution in [0.1, 0.15) is 11.3 Å². The maximum atomic E-state index is 12.2. The summed E-state index contributed by atoms with van der Waals surface area (Å²) in [5, 5.41) is 19.4. The molecule has 4 N–H and O–H groups in total. The van der Waals surface area contributed by atoms with E-state index < -0.39 is 23.5 Å². The van der Waals surface area contributed by atoms with E-state index in [1.165, 1.54) is 26.2 Å². The Morgan fingerprint density at radius 2 is 2.00 bits per heavy atom. The summed E-state index contributed by atoms with van der Waals surface area (Å²) in [6.45, 7) is 1.48. The topological polar surface area (TPSA) is 149 Å². The number of aryl methyl sites for hydroxylation is 1. The number of methoxy groups -OCH3 is 1. The van der Waals surface area contributed by atoms with Gasteiger partial charge in [0.25, 0.3) is 5.56 Å². The van der Waals surface area contributed by atoms with Crippen LogP contribution in [-0.4, -0.2) is 50.8 Å². The normalized spacial score (nSPS) is 11.6. The van der Waals surface area contributed by atoms with Crippen molar-refractivity contribution in [1.29, 1.82) is 0 Å². The smallest absolute Gasteiger partial charge is 0.328 e. The lowest BCUT2D eigenvalue weighted by molar-refractivity contribution is -0.144. The first-order chi connectivity index (χ1) is 12.8. The lowest BCUT2D eigenvalue weighted by atomic mass is 10.1. The molecule has 0 saturated heterocycles. The van der Waals surface area contributed by atoms with Crippen molar-refractivity contribution < 1.29 is 19.4 Å². The number of esters is 1. The number of nitrogen functional groups attached to an aromatic ring is 1. The van der Waals surface area contributed by atoms with E-state index in [0.29, 0.717) is 0 Å². The Morgan fingerprint density at radius 3 is 2.63 bits per heavy atom. The van der Waals surface area contributed by atoms with Gasteiger partial charge in [0.15, 0.2) is 0 Å². The molecule has 1 amide bonds. The van der Waals surface area contributed by atoms with Crippen LogP contribution in [0.4, 0.5) is 0 Å². The van der Waals surface area contributed by atoms with E-state index in [-0.39, 0.29) is 28.8 Å². The van der Waals surface area contributed by atoms with Crippen LogP contribution in [0.3, 0.4) is 0 Å². The molecule has 0 saturated carbocycles. The summed E-state index contributed by atoms with van der Waals surface area (Å²) in [6.07, 6.45) is 0.190. The van der Waals surface area contributed by atoms with Crippen LogP contribution in [-0.2, 0) is 20.7 Å². The first-order valence-corrected chi connectivity index (χ1v) is 8.79. The minimum Gasteiger partial charge on any atom is -0.508 e. The van der Waals surface area contributed by atoms with Gasteiger partial charge >= 0.3 is 5.97 Å². The number of aromatic nitrogens is 3. The molecule has 1 atom stereocenters. The number of nitrogens with zero attached hydrogens (tertiary/aromatic N) is 3. The maximum Gasteiger partial charge on any atom is 0.328 e. The third-order valence-corrected chi connectivity index (χ3v) is 4.49. The number of carbonyl (C=O) groups excluding carboxylic acids is 2. The molecule has 0 aliphatic carbocycles. The zero-order valence-electron chi connectivity index (χ0n) is 14.7. The number of hydrogen-bond acceptors (Lipinski definition) is 9.